The second-order valence-electron chi connectivity index (χ2n) is 3.95. The molecule has 0 radical (unpaired) electrons. The quantitative estimate of drug-likeness (QED) is 0.677. The van der Waals surface area contributed by atoms with Gasteiger partial charge in [0.15, 0.2) is 17.0 Å². The number of nitrogens with zero attached hydrogens (tertiary/aromatic N) is 5. The number of hydrogen-bond donors (Lipinski definition) is 1. The molecule has 0 atom stereocenters. The Balaban J connectivity index is 2.36. The lowest BCUT2D eigenvalue weighted by Crippen LogP contribution is -2.11. The zero-order chi connectivity index (χ0) is 12.0. The number of aromatic nitrogens is 5. The third-order valence-electron chi connectivity index (χ3n) is 2.79. The van der Waals surface area contributed by atoms with Crippen LogP contribution in [0.1, 0.15) is 11.4 Å². The lowest BCUT2D eigenvalue weighted by Gasteiger charge is -2.10. The van der Waals surface area contributed by atoms with Gasteiger partial charge in [-0.15, -0.1) is 0 Å². The Hall–Kier alpha value is -2.37. The molecular weight excluding hydrogens is 216 g/mol. The minimum atomic E-state index is 0.399. The van der Waals surface area contributed by atoms with E-state index in [1.165, 1.54) is 6.33 Å². The summed E-state index contributed by atoms with van der Waals surface area (Å²) < 4.78 is 3.90. The van der Waals surface area contributed by atoms with Gasteiger partial charge in [0.2, 0.25) is 0 Å². The van der Waals surface area contributed by atoms with Crippen LogP contribution in [0.4, 0.5) is 5.82 Å². The van der Waals surface area contributed by atoms with Crippen LogP contribution >= 0.6 is 0 Å². The summed E-state index contributed by atoms with van der Waals surface area (Å²) in [6, 6.07) is 4.09. The third-order valence-corrected chi connectivity index (χ3v) is 2.79. The number of aryl methyl sites for hydroxylation is 2. The number of nitrogen functional groups attached to an aromatic ring is 1. The van der Waals surface area contributed by atoms with Crippen LogP contribution in [0, 0.1) is 13.8 Å². The maximum atomic E-state index is 5.76. The Morgan fingerprint density at radius 3 is 2.47 bits per heavy atom. The Bertz CT molecular complexity index is 674. The molecule has 2 N–H and O–H groups in total. The topological polar surface area (TPSA) is 74.5 Å². The van der Waals surface area contributed by atoms with Gasteiger partial charge in [-0.1, -0.05) is 0 Å². The minimum Gasteiger partial charge on any atom is -0.382 e. The summed E-state index contributed by atoms with van der Waals surface area (Å²) in [6.45, 7) is 4.06. The second kappa shape index (κ2) is 3.31. The van der Waals surface area contributed by atoms with E-state index in [1.54, 1.807) is 6.33 Å². The summed E-state index contributed by atoms with van der Waals surface area (Å²) in [6.07, 6.45) is 3.15. The molecule has 3 aromatic heterocycles. The predicted octanol–water partition coefficient (Wildman–Crippen LogP) is 1.14. The fourth-order valence-corrected chi connectivity index (χ4v) is 1.99. The van der Waals surface area contributed by atoms with Crippen LogP contribution in [-0.4, -0.2) is 24.3 Å². The highest BCUT2D eigenvalue weighted by molar-refractivity contribution is 5.81. The molecule has 0 bridgehead atoms. The van der Waals surface area contributed by atoms with E-state index in [0.29, 0.717) is 17.0 Å². The van der Waals surface area contributed by atoms with Crippen LogP contribution < -0.4 is 5.73 Å². The number of anilines is 1. The van der Waals surface area contributed by atoms with Crippen LogP contribution in [0.3, 0.4) is 0 Å². The van der Waals surface area contributed by atoms with Gasteiger partial charge in [-0.2, -0.15) is 0 Å². The number of fused-ring (bicyclic) bond motifs is 1. The molecular formula is C11H12N6. The van der Waals surface area contributed by atoms with E-state index in [4.69, 9.17) is 5.73 Å². The van der Waals surface area contributed by atoms with E-state index in [-0.39, 0.29) is 0 Å². The fourth-order valence-electron chi connectivity index (χ4n) is 1.99. The molecule has 0 saturated heterocycles. The van der Waals surface area contributed by atoms with Crippen LogP contribution in [0.5, 0.6) is 0 Å². The van der Waals surface area contributed by atoms with E-state index in [2.05, 4.69) is 15.0 Å². The van der Waals surface area contributed by atoms with Gasteiger partial charge in [-0.3, -0.25) is 4.68 Å². The first-order valence-corrected chi connectivity index (χ1v) is 5.27. The van der Waals surface area contributed by atoms with Crippen molar-refractivity contribution < 1.29 is 0 Å². The highest BCUT2D eigenvalue weighted by Crippen LogP contribution is 2.17. The fraction of sp³-hybridized carbons (Fsp3) is 0.182. The Morgan fingerprint density at radius 1 is 1.06 bits per heavy atom. The number of imidazole rings is 1. The molecule has 6 heteroatoms. The first kappa shape index (κ1) is 9.83. The molecule has 0 fully saturated rings. The van der Waals surface area contributed by atoms with Gasteiger partial charge in [0.25, 0.3) is 0 Å². The highest BCUT2D eigenvalue weighted by Gasteiger charge is 2.11. The van der Waals surface area contributed by atoms with Gasteiger partial charge >= 0.3 is 0 Å². The SMILES string of the molecule is Cc1ccc(C)n1-n1cnc2c(N)ncnc21. The van der Waals surface area contributed by atoms with Crippen molar-refractivity contribution >= 4 is 17.0 Å². The standard InChI is InChI=1S/C11H12N6/c1-7-3-4-8(2)17(7)16-6-15-9-10(12)13-5-14-11(9)16/h3-6H,1-2H3,(H2,12,13,14). The van der Waals surface area contributed by atoms with E-state index in [9.17, 15) is 0 Å². The van der Waals surface area contributed by atoms with Crippen molar-refractivity contribution in [3.05, 3.63) is 36.2 Å². The molecule has 0 aliphatic rings. The summed E-state index contributed by atoms with van der Waals surface area (Å²) in [5, 5.41) is 0. The number of nitrogens with two attached hydrogens (primary N) is 1. The first-order valence-electron chi connectivity index (χ1n) is 5.27. The predicted molar refractivity (Wildman–Crippen MR) is 64.4 cm³/mol. The average molecular weight is 228 g/mol. The van der Waals surface area contributed by atoms with Gasteiger partial charge in [-0.05, 0) is 26.0 Å². The van der Waals surface area contributed by atoms with Crippen molar-refractivity contribution in [2.24, 2.45) is 0 Å². The summed E-state index contributed by atoms with van der Waals surface area (Å²) in [4.78, 5) is 12.4. The molecule has 3 aromatic rings. The number of hydrogen-bond acceptors (Lipinski definition) is 4. The zero-order valence-electron chi connectivity index (χ0n) is 9.62. The summed E-state index contributed by atoms with van der Waals surface area (Å²) in [5.74, 6) is 0.399. The Labute approximate surface area is 97.7 Å². The van der Waals surface area contributed by atoms with E-state index >= 15 is 0 Å². The first-order chi connectivity index (χ1) is 8.18. The molecule has 3 rings (SSSR count). The Kier molecular flexibility index (Phi) is 1.91. The molecule has 0 aromatic carbocycles. The van der Waals surface area contributed by atoms with Gasteiger partial charge in [0.1, 0.15) is 12.7 Å². The molecule has 0 spiro atoms. The van der Waals surface area contributed by atoms with Crippen molar-refractivity contribution in [3.63, 3.8) is 0 Å². The second-order valence-corrected chi connectivity index (χ2v) is 3.95. The van der Waals surface area contributed by atoms with E-state index in [0.717, 1.165) is 11.4 Å². The smallest absolute Gasteiger partial charge is 0.184 e. The highest BCUT2D eigenvalue weighted by atomic mass is 15.5. The summed E-state index contributed by atoms with van der Waals surface area (Å²) in [7, 11) is 0. The van der Waals surface area contributed by atoms with Crippen molar-refractivity contribution in [1.29, 1.82) is 0 Å². The Morgan fingerprint density at radius 2 is 1.76 bits per heavy atom. The molecule has 6 nitrogen and oxygen atoms in total. The molecule has 86 valence electrons. The molecule has 0 saturated carbocycles. The minimum absolute atomic E-state index is 0.399. The van der Waals surface area contributed by atoms with Crippen LogP contribution in [0.15, 0.2) is 24.8 Å². The maximum Gasteiger partial charge on any atom is 0.184 e. The average Bonchev–Trinajstić information content (AvgIpc) is 2.84. The van der Waals surface area contributed by atoms with E-state index in [1.807, 2.05) is 35.3 Å². The van der Waals surface area contributed by atoms with Gasteiger partial charge in [0, 0.05) is 11.4 Å². The molecule has 0 aliphatic carbocycles. The number of rotatable bonds is 1. The molecule has 17 heavy (non-hydrogen) atoms. The summed E-state index contributed by atoms with van der Waals surface area (Å²) >= 11 is 0. The lowest BCUT2D eigenvalue weighted by atomic mass is 10.5. The monoisotopic (exact) mass is 228 g/mol. The van der Waals surface area contributed by atoms with Crippen molar-refractivity contribution in [1.82, 2.24) is 24.3 Å². The molecule has 0 amide bonds. The zero-order valence-corrected chi connectivity index (χ0v) is 9.62. The van der Waals surface area contributed by atoms with Gasteiger partial charge in [0.05, 0.1) is 0 Å². The molecule has 3 heterocycles. The molecule has 0 unspecified atom stereocenters. The summed E-state index contributed by atoms with van der Waals surface area (Å²) in [5.41, 5.74) is 9.32. The van der Waals surface area contributed by atoms with Crippen molar-refractivity contribution in [2.75, 3.05) is 5.73 Å². The third kappa shape index (κ3) is 1.30. The van der Waals surface area contributed by atoms with E-state index < -0.39 is 0 Å². The lowest BCUT2D eigenvalue weighted by molar-refractivity contribution is 0.638. The normalized spacial score (nSPS) is 11.2. The van der Waals surface area contributed by atoms with Crippen LogP contribution in [0.2, 0.25) is 0 Å². The van der Waals surface area contributed by atoms with Gasteiger partial charge in [-0.25, -0.2) is 19.6 Å². The maximum absolute atomic E-state index is 5.76. The van der Waals surface area contributed by atoms with Crippen molar-refractivity contribution in [2.45, 2.75) is 13.8 Å². The van der Waals surface area contributed by atoms with Crippen LogP contribution in [-0.2, 0) is 0 Å². The van der Waals surface area contributed by atoms with Crippen molar-refractivity contribution in [3.8, 4) is 0 Å². The van der Waals surface area contributed by atoms with Crippen LogP contribution in [0.25, 0.3) is 11.2 Å². The molecule has 0 aliphatic heterocycles. The van der Waals surface area contributed by atoms with Gasteiger partial charge < -0.3 is 5.73 Å². The largest absolute Gasteiger partial charge is 0.382 e.